The van der Waals surface area contributed by atoms with E-state index in [0.717, 1.165) is 0 Å². The Morgan fingerprint density at radius 3 is 2.27 bits per heavy atom. The third-order valence-corrected chi connectivity index (χ3v) is 6.16. The number of ether oxygens (including phenoxy) is 2. The molecule has 2 heterocycles. The summed E-state index contributed by atoms with van der Waals surface area (Å²) in [6.07, 6.45) is 0. The number of hydrogen-bond donors (Lipinski definition) is 1. The SMILES string of the molecule is COc1ccc(C(=O)C2=C(O)C(=O)N(c3ccc(-c4nnc(C)o4)cc3)C2c2ccccc2OC)cc1. The average Bonchev–Trinajstić information content (AvgIpc) is 3.49. The molecule has 5 rings (SSSR count). The molecule has 3 aromatic carbocycles. The van der Waals surface area contributed by atoms with Crippen LogP contribution in [0.3, 0.4) is 0 Å². The highest BCUT2D eigenvalue weighted by Crippen LogP contribution is 2.45. The first-order valence-corrected chi connectivity index (χ1v) is 11.4. The van der Waals surface area contributed by atoms with Gasteiger partial charge in [-0.05, 0) is 54.6 Å². The predicted octanol–water partition coefficient (Wildman–Crippen LogP) is 4.85. The lowest BCUT2D eigenvalue weighted by atomic mass is 9.92. The van der Waals surface area contributed by atoms with Crippen LogP contribution >= 0.6 is 0 Å². The van der Waals surface area contributed by atoms with Crippen LogP contribution in [0.1, 0.15) is 27.9 Å². The van der Waals surface area contributed by atoms with E-state index in [1.807, 2.05) is 0 Å². The summed E-state index contributed by atoms with van der Waals surface area (Å²) in [6.45, 7) is 1.70. The Labute approximate surface area is 212 Å². The number of nitrogens with zero attached hydrogens (tertiary/aromatic N) is 3. The molecule has 9 nitrogen and oxygen atoms in total. The molecule has 0 saturated heterocycles. The molecule has 186 valence electrons. The molecule has 1 aliphatic rings. The molecule has 9 heteroatoms. The van der Waals surface area contributed by atoms with Crippen molar-refractivity contribution in [2.24, 2.45) is 0 Å². The van der Waals surface area contributed by atoms with E-state index in [1.165, 1.54) is 19.1 Å². The number of carbonyl (C=O) groups is 2. The van der Waals surface area contributed by atoms with Gasteiger partial charge in [0.25, 0.3) is 5.91 Å². The molecule has 1 N–H and O–H groups in total. The molecule has 1 aromatic heterocycles. The van der Waals surface area contributed by atoms with Crippen molar-refractivity contribution in [1.82, 2.24) is 10.2 Å². The van der Waals surface area contributed by atoms with E-state index >= 15 is 0 Å². The van der Waals surface area contributed by atoms with Gasteiger partial charge in [-0.15, -0.1) is 10.2 Å². The highest BCUT2D eigenvalue weighted by molar-refractivity contribution is 6.21. The number of aromatic nitrogens is 2. The van der Waals surface area contributed by atoms with Crippen LogP contribution in [0.25, 0.3) is 11.5 Å². The number of aliphatic hydroxyl groups is 1. The summed E-state index contributed by atoms with van der Waals surface area (Å²) in [5.74, 6) is 0.0253. The first kappa shape index (κ1) is 23.8. The normalized spacial score (nSPS) is 15.3. The van der Waals surface area contributed by atoms with Gasteiger partial charge in [-0.2, -0.15) is 0 Å². The third-order valence-electron chi connectivity index (χ3n) is 6.16. The summed E-state index contributed by atoms with van der Waals surface area (Å²) in [5.41, 5.74) is 1.94. The van der Waals surface area contributed by atoms with Gasteiger partial charge in [0.1, 0.15) is 11.5 Å². The van der Waals surface area contributed by atoms with Crippen molar-refractivity contribution in [3.63, 3.8) is 0 Å². The number of hydrogen-bond acceptors (Lipinski definition) is 8. The Morgan fingerprint density at radius 2 is 1.65 bits per heavy atom. The van der Waals surface area contributed by atoms with Gasteiger partial charge in [-0.25, -0.2) is 0 Å². The smallest absolute Gasteiger partial charge is 0.294 e. The van der Waals surface area contributed by atoms with Crippen molar-refractivity contribution in [3.05, 3.63) is 101 Å². The Morgan fingerprint density at radius 1 is 0.946 bits per heavy atom. The van der Waals surface area contributed by atoms with E-state index in [1.54, 1.807) is 79.7 Å². The van der Waals surface area contributed by atoms with Gasteiger partial charge in [0.2, 0.25) is 11.8 Å². The van der Waals surface area contributed by atoms with E-state index in [-0.39, 0.29) is 5.57 Å². The fraction of sp³-hybridized carbons (Fsp3) is 0.143. The maximum atomic E-state index is 13.7. The van der Waals surface area contributed by atoms with Crippen LogP contribution in [-0.2, 0) is 4.79 Å². The fourth-order valence-electron chi connectivity index (χ4n) is 4.37. The number of aryl methyl sites for hydroxylation is 1. The van der Waals surface area contributed by atoms with Crippen molar-refractivity contribution in [1.29, 1.82) is 0 Å². The summed E-state index contributed by atoms with van der Waals surface area (Å²) < 4.78 is 16.2. The summed E-state index contributed by atoms with van der Waals surface area (Å²) in [7, 11) is 3.04. The summed E-state index contributed by atoms with van der Waals surface area (Å²) in [5, 5.41) is 18.9. The second-order valence-corrected chi connectivity index (χ2v) is 8.31. The number of anilines is 1. The quantitative estimate of drug-likeness (QED) is 0.361. The first-order chi connectivity index (χ1) is 17.9. The number of Topliss-reactive ketones (excluding diaryl/α,β-unsaturated/α-hetero) is 1. The topological polar surface area (TPSA) is 115 Å². The van der Waals surface area contributed by atoms with Crippen molar-refractivity contribution in [3.8, 4) is 23.0 Å². The van der Waals surface area contributed by atoms with E-state index in [0.29, 0.717) is 45.7 Å². The number of ketones is 1. The number of rotatable bonds is 7. The largest absolute Gasteiger partial charge is 0.503 e. The van der Waals surface area contributed by atoms with Crippen LogP contribution in [0.5, 0.6) is 11.5 Å². The molecule has 0 saturated carbocycles. The third kappa shape index (κ3) is 4.20. The molecule has 37 heavy (non-hydrogen) atoms. The van der Waals surface area contributed by atoms with E-state index in [4.69, 9.17) is 13.9 Å². The summed E-state index contributed by atoms with van der Waals surface area (Å²) in [6, 6.07) is 19.5. The van der Waals surface area contributed by atoms with E-state index < -0.39 is 23.5 Å². The standard InChI is InChI=1S/C28H23N3O6/c1-16-29-30-27(37-16)18-8-12-19(13-9-18)31-24(21-6-4-5-7-22(21)36-3)23(26(33)28(31)34)25(32)17-10-14-20(35-2)15-11-17/h4-15,24,33H,1-3H3. The van der Waals surface area contributed by atoms with Crippen molar-refractivity contribution in [2.75, 3.05) is 19.1 Å². The molecule has 1 aliphatic heterocycles. The molecule has 1 atom stereocenters. The first-order valence-electron chi connectivity index (χ1n) is 11.4. The zero-order chi connectivity index (χ0) is 26.1. The van der Waals surface area contributed by atoms with Gasteiger partial charge in [0, 0.05) is 29.3 Å². The highest BCUT2D eigenvalue weighted by atomic mass is 16.5. The fourth-order valence-corrected chi connectivity index (χ4v) is 4.37. The highest BCUT2D eigenvalue weighted by Gasteiger charge is 2.45. The minimum atomic E-state index is -0.935. The number of benzene rings is 3. The van der Waals surface area contributed by atoms with Gasteiger partial charge >= 0.3 is 0 Å². The van der Waals surface area contributed by atoms with E-state index in [9.17, 15) is 14.7 Å². The number of methoxy groups -OCH3 is 2. The summed E-state index contributed by atoms with van der Waals surface area (Å²) in [4.78, 5) is 28.5. The van der Waals surface area contributed by atoms with Gasteiger partial charge < -0.3 is 19.0 Å². The van der Waals surface area contributed by atoms with Gasteiger partial charge in [-0.3, -0.25) is 14.5 Å². The predicted molar refractivity (Wildman–Crippen MR) is 135 cm³/mol. The second kappa shape index (κ2) is 9.62. The van der Waals surface area contributed by atoms with Crippen LogP contribution in [0, 0.1) is 6.92 Å². The molecule has 1 unspecified atom stereocenters. The van der Waals surface area contributed by atoms with Crippen LogP contribution in [-0.4, -0.2) is 41.2 Å². The van der Waals surface area contributed by atoms with Crippen molar-refractivity contribution in [2.45, 2.75) is 13.0 Å². The maximum absolute atomic E-state index is 13.7. The number of aliphatic hydroxyl groups excluding tert-OH is 1. The van der Waals surface area contributed by atoms with Gasteiger partial charge in [0.05, 0.1) is 25.8 Å². The molecule has 0 aliphatic carbocycles. The molecule has 0 fully saturated rings. The van der Waals surface area contributed by atoms with E-state index in [2.05, 4.69) is 10.2 Å². The van der Waals surface area contributed by atoms with Crippen molar-refractivity contribution < 1.29 is 28.6 Å². The zero-order valence-corrected chi connectivity index (χ0v) is 20.3. The average molecular weight is 498 g/mol. The molecule has 0 spiro atoms. The van der Waals surface area contributed by atoms with Crippen molar-refractivity contribution >= 4 is 17.4 Å². The monoisotopic (exact) mass is 497 g/mol. The van der Waals surface area contributed by atoms with Gasteiger partial charge in [0.15, 0.2) is 11.5 Å². The number of para-hydroxylation sites is 1. The maximum Gasteiger partial charge on any atom is 0.294 e. The Bertz CT molecular complexity index is 1510. The minimum Gasteiger partial charge on any atom is -0.503 e. The minimum absolute atomic E-state index is 0.0451. The van der Waals surface area contributed by atoms with Crippen LogP contribution in [0.4, 0.5) is 5.69 Å². The molecule has 0 radical (unpaired) electrons. The molecule has 4 aromatic rings. The van der Waals surface area contributed by atoms with Crippen LogP contribution < -0.4 is 14.4 Å². The Kier molecular flexibility index (Phi) is 6.19. The lowest BCUT2D eigenvalue weighted by Crippen LogP contribution is -2.31. The second-order valence-electron chi connectivity index (χ2n) is 8.31. The van der Waals surface area contributed by atoms with Crippen LogP contribution in [0.2, 0.25) is 0 Å². The molecule has 0 bridgehead atoms. The van der Waals surface area contributed by atoms with Gasteiger partial charge in [-0.1, -0.05) is 18.2 Å². The number of carbonyl (C=O) groups excluding carboxylic acids is 2. The summed E-state index contributed by atoms with van der Waals surface area (Å²) >= 11 is 0. The molecular formula is C28H23N3O6. The zero-order valence-electron chi connectivity index (χ0n) is 20.3. The Balaban J connectivity index is 1.61. The Hall–Kier alpha value is -4.92. The number of amides is 1. The van der Waals surface area contributed by atoms with Crippen LogP contribution in [0.15, 0.2) is 88.5 Å². The lowest BCUT2D eigenvalue weighted by Gasteiger charge is -2.28. The molecule has 1 amide bonds. The lowest BCUT2D eigenvalue weighted by molar-refractivity contribution is -0.117. The molecular weight excluding hydrogens is 474 g/mol.